The molecule has 0 spiro atoms. The Kier molecular flexibility index (Phi) is 4.34. The van der Waals surface area contributed by atoms with Gasteiger partial charge in [0.05, 0.1) is 17.5 Å². The minimum Gasteiger partial charge on any atom is -0.397 e. The van der Waals surface area contributed by atoms with Crippen molar-refractivity contribution in [3.05, 3.63) is 24.0 Å². The fraction of sp³-hybridized carbons (Fsp3) is 0.615. The highest BCUT2D eigenvalue weighted by atomic mass is 16.5. The van der Waals surface area contributed by atoms with Crippen LogP contribution in [0.2, 0.25) is 0 Å². The molecule has 1 aliphatic rings. The van der Waals surface area contributed by atoms with Gasteiger partial charge in [0.2, 0.25) is 0 Å². The van der Waals surface area contributed by atoms with E-state index in [4.69, 9.17) is 10.5 Å². The van der Waals surface area contributed by atoms with Gasteiger partial charge >= 0.3 is 0 Å². The highest BCUT2D eigenvalue weighted by Gasteiger charge is 2.20. The topological polar surface area (TPSA) is 51.4 Å². The van der Waals surface area contributed by atoms with Crippen molar-refractivity contribution in [2.24, 2.45) is 0 Å². The summed E-state index contributed by atoms with van der Waals surface area (Å²) in [5.41, 5.74) is 7.67. The summed E-state index contributed by atoms with van der Waals surface area (Å²) in [5.74, 6) is 0. The van der Waals surface area contributed by atoms with E-state index in [2.05, 4.69) is 16.8 Å². The lowest BCUT2D eigenvalue weighted by atomic mass is 10.1. The van der Waals surface area contributed by atoms with Crippen molar-refractivity contribution < 1.29 is 4.74 Å². The maximum Gasteiger partial charge on any atom is 0.0772 e. The third kappa shape index (κ3) is 3.41. The fourth-order valence-corrected chi connectivity index (χ4v) is 2.32. The predicted octanol–water partition coefficient (Wildman–Crippen LogP) is 1.66. The number of hydrogen-bond donors (Lipinski definition) is 1. The number of ether oxygens (including phenoxy) is 1. The van der Waals surface area contributed by atoms with Crippen LogP contribution < -0.4 is 5.73 Å². The second-order valence-corrected chi connectivity index (χ2v) is 4.49. The Hall–Kier alpha value is -1.13. The van der Waals surface area contributed by atoms with Crippen molar-refractivity contribution in [1.82, 2.24) is 9.88 Å². The van der Waals surface area contributed by atoms with E-state index in [1.54, 1.807) is 6.20 Å². The van der Waals surface area contributed by atoms with Gasteiger partial charge in [-0.15, -0.1) is 0 Å². The van der Waals surface area contributed by atoms with Gasteiger partial charge in [0, 0.05) is 25.9 Å². The van der Waals surface area contributed by atoms with Crippen molar-refractivity contribution in [2.75, 3.05) is 25.4 Å². The van der Waals surface area contributed by atoms with Crippen molar-refractivity contribution in [2.45, 2.75) is 32.4 Å². The first-order valence-electron chi connectivity index (χ1n) is 6.33. The molecule has 1 unspecified atom stereocenters. The maximum atomic E-state index is 5.91. The fourth-order valence-electron chi connectivity index (χ4n) is 2.32. The number of rotatable bonds is 4. The molecule has 4 heteroatoms. The maximum absolute atomic E-state index is 5.91. The number of likely N-dealkylation sites (tertiary alicyclic amines) is 1. The molecule has 0 saturated carbocycles. The van der Waals surface area contributed by atoms with Gasteiger partial charge in [-0.25, -0.2) is 0 Å². The molecule has 17 heavy (non-hydrogen) atoms. The Balaban J connectivity index is 1.92. The Labute approximate surface area is 103 Å². The summed E-state index contributed by atoms with van der Waals surface area (Å²) in [5, 5.41) is 0. The van der Waals surface area contributed by atoms with Crippen LogP contribution in [0.5, 0.6) is 0 Å². The summed E-state index contributed by atoms with van der Waals surface area (Å²) < 4.78 is 5.69. The van der Waals surface area contributed by atoms with Crippen LogP contribution in [0.4, 0.5) is 5.69 Å². The molecule has 1 aliphatic heterocycles. The first-order chi connectivity index (χ1) is 8.29. The van der Waals surface area contributed by atoms with Gasteiger partial charge in [-0.3, -0.25) is 9.88 Å². The minimum atomic E-state index is 0.374. The molecule has 0 amide bonds. The number of nitrogens with zero attached hydrogens (tertiary/aromatic N) is 2. The molecule has 0 bridgehead atoms. The number of piperidine rings is 1. The molecule has 1 aromatic heterocycles. The van der Waals surface area contributed by atoms with Gasteiger partial charge < -0.3 is 10.5 Å². The lowest BCUT2D eigenvalue weighted by Gasteiger charge is -2.32. The molecule has 1 saturated heterocycles. The van der Waals surface area contributed by atoms with Crippen LogP contribution in [0.25, 0.3) is 0 Å². The van der Waals surface area contributed by atoms with E-state index in [0.29, 0.717) is 6.10 Å². The predicted molar refractivity (Wildman–Crippen MR) is 68.6 cm³/mol. The van der Waals surface area contributed by atoms with Crippen LogP contribution in [-0.2, 0) is 11.3 Å². The summed E-state index contributed by atoms with van der Waals surface area (Å²) in [6, 6.07) is 3.78. The largest absolute Gasteiger partial charge is 0.397 e. The molecule has 2 rings (SSSR count). The molecule has 0 aromatic carbocycles. The zero-order valence-electron chi connectivity index (χ0n) is 10.4. The second kappa shape index (κ2) is 5.98. The lowest BCUT2D eigenvalue weighted by molar-refractivity contribution is 0.00337. The number of nitrogens with two attached hydrogens (primary N) is 1. The molecule has 0 aliphatic carbocycles. The van der Waals surface area contributed by atoms with Gasteiger partial charge in [-0.1, -0.05) is 0 Å². The van der Waals surface area contributed by atoms with Gasteiger partial charge in [-0.05, 0) is 38.4 Å². The molecule has 2 N–H and O–H groups in total. The standard InChI is InChI=1S/C13H21N3O/c1-2-17-11-5-4-8-16(9-11)10-13-12(14)6-3-7-15-13/h3,6-7,11H,2,4-5,8-10,14H2,1H3. The quantitative estimate of drug-likeness (QED) is 0.862. The van der Waals surface area contributed by atoms with Gasteiger partial charge in [0.25, 0.3) is 0 Å². The highest BCUT2D eigenvalue weighted by molar-refractivity contribution is 5.41. The van der Waals surface area contributed by atoms with Crippen LogP contribution in [0, 0.1) is 0 Å². The van der Waals surface area contributed by atoms with E-state index in [1.165, 1.54) is 12.8 Å². The first-order valence-corrected chi connectivity index (χ1v) is 6.33. The van der Waals surface area contributed by atoms with Gasteiger partial charge in [0.1, 0.15) is 0 Å². The van der Waals surface area contributed by atoms with Crippen LogP contribution in [-0.4, -0.2) is 35.7 Å². The normalized spacial score (nSPS) is 21.6. The van der Waals surface area contributed by atoms with Gasteiger partial charge in [-0.2, -0.15) is 0 Å². The average Bonchev–Trinajstić information content (AvgIpc) is 2.33. The zero-order valence-corrected chi connectivity index (χ0v) is 10.4. The Morgan fingerprint density at radius 3 is 3.24 bits per heavy atom. The summed E-state index contributed by atoms with van der Waals surface area (Å²) in [6.45, 7) is 5.78. The molecule has 1 atom stereocenters. The number of nitrogen functional groups attached to an aromatic ring is 1. The molecule has 0 radical (unpaired) electrons. The first kappa shape index (κ1) is 12.3. The molecule has 94 valence electrons. The molecule has 4 nitrogen and oxygen atoms in total. The Morgan fingerprint density at radius 1 is 1.59 bits per heavy atom. The monoisotopic (exact) mass is 235 g/mol. The lowest BCUT2D eigenvalue weighted by Crippen LogP contribution is -2.39. The summed E-state index contributed by atoms with van der Waals surface area (Å²) in [6.07, 6.45) is 4.54. The zero-order chi connectivity index (χ0) is 12.1. The molecule has 1 aromatic rings. The number of pyridine rings is 1. The smallest absolute Gasteiger partial charge is 0.0772 e. The molecule has 1 fully saturated rings. The van der Waals surface area contributed by atoms with Crippen molar-refractivity contribution in [1.29, 1.82) is 0 Å². The summed E-state index contributed by atoms with van der Waals surface area (Å²) >= 11 is 0. The Morgan fingerprint density at radius 2 is 2.47 bits per heavy atom. The van der Waals surface area contributed by atoms with Crippen LogP contribution in [0.1, 0.15) is 25.5 Å². The number of hydrogen-bond acceptors (Lipinski definition) is 4. The molecular weight excluding hydrogens is 214 g/mol. The summed E-state index contributed by atoms with van der Waals surface area (Å²) in [7, 11) is 0. The third-order valence-electron chi connectivity index (χ3n) is 3.16. The minimum absolute atomic E-state index is 0.374. The summed E-state index contributed by atoms with van der Waals surface area (Å²) in [4.78, 5) is 6.71. The SMILES string of the molecule is CCOC1CCCN(Cc2ncccc2N)C1. The van der Waals surface area contributed by atoms with E-state index in [0.717, 1.165) is 37.6 Å². The highest BCUT2D eigenvalue weighted by Crippen LogP contribution is 2.17. The van der Waals surface area contributed by atoms with Crippen molar-refractivity contribution in [3.8, 4) is 0 Å². The van der Waals surface area contributed by atoms with Crippen molar-refractivity contribution in [3.63, 3.8) is 0 Å². The average molecular weight is 235 g/mol. The van der Waals surface area contributed by atoms with E-state index >= 15 is 0 Å². The number of anilines is 1. The van der Waals surface area contributed by atoms with E-state index in [9.17, 15) is 0 Å². The van der Waals surface area contributed by atoms with E-state index < -0.39 is 0 Å². The second-order valence-electron chi connectivity index (χ2n) is 4.49. The Bertz CT molecular complexity index is 354. The van der Waals surface area contributed by atoms with Crippen LogP contribution in [0.3, 0.4) is 0 Å². The molecule has 2 heterocycles. The molecular formula is C13H21N3O. The van der Waals surface area contributed by atoms with Crippen molar-refractivity contribution >= 4 is 5.69 Å². The van der Waals surface area contributed by atoms with Gasteiger partial charge in [0.15, 0.2) is 0 Å². The van der Waals surface area contributed by atoms with Crippen LogP contribution in [0.15, 0.2) is 18.3 Å². The number of aromatic nitrogens is 1. The third-order valence-corrected chi connectivity index (χ3v) is 3.16. The van der Waals surface area contributed by atoms with Crippen LogP contribution >= 0.6 is 0 Å². The van der Waals surface area contributed by atoms with E-state index in [-0.39, 0.29) is 0 Å². The van der Waals surface area contributed by atoms with E-state index in [1.807, 2.05) is 12.1 Å².